The van der Waals surface area contributed by atoms with Crippen molar-refractivity contribution in [1.29, 1.82) is 0 Å². The van der Waals surface area contributed by atoms with E-state index >= 15 is 0 Å². The van der Waals surface area contributed by atoms with Crippen LogP contribution in [-0.2, 0) is 16.1 Å². The molecule has 4 rings (SSSR count). The van der Waals surface area contributed by atoms with E-state index in [9.17, 15) is 9.59 Å². The van der Waals surface area contributed by atoms with Gasteiger partial charge in [0.15, 0.2) is 5.11 Å². The quantitative estimate of drug-likeness (QED) is 0.425. The molecule has 124 valence electrons. The molecule has 3 aromatic rings. The number of para-hydroxylation sites is 1. The van der Waals surface area contributed by atoms with E-state index in [1.807, 2.05) is 30.3 Å². The molecule has 6 heteroatoms. The Kier molecular flexibility index (Phi) is 3.62. The van der Waals surface area contributed by atoms with Gasteiger partial charge in [-0.05, 0) is 49.0 Å². The summed E-state index contributed by atoms with van der Waals surface area (Å²) < 4.78 is 2.25. The van der Waals surface area contributed by atoms with Crippen LogP contribution in [0.15, 0.2) is 48.0 Å². The molecule has 2 heterocycles. The molecule has 0 saturated carbocycles. The number of aromatic nitrogens is 1. The lowest BCUT2D eigenvalue weighted by Crippen LogP contribution is -2.51. The zero-order chi connectivity index (χ0) is 17.6. The average Bonchev–Trinajstić information content (AvgIpc) is 2.91. The number of fused-ring (bicyclic) bond motifs is 3. The van der Waals surface area contributed by atoms with Gasteiger partial charge >= 0.3 is 0 Å². The number of benzene rings is 2. The summed E-state index contributed by atoms with van der Waals surface area (Å²) in [5.41, 5.74) is 3.14. The molecule has 0 bridgehead atoms. The lowest BCUT2D eigenvalue weighted by Gasteiger charge is -2.16. The predicted molar refractivity (Wildman–Crippen MR) is 102 cm³/mol. The van der Waals surface area contributed by atoms with Crippen molar-refractivity contribution in [3.63, 3.8) is 0 Å². The number of aryl methyl sites for hydroxylation is 1. The Morgan fingerprint density at radius 3 is 2.40 bits per heavy atom. The van der Waals surface area contributed by atoms with Crippen molar-refractivity contribution in [1.82, 2.24) is 15.2 Å². The molecule has 1 fully saturated rings. The van der Waals surface area contributed by atoms with E-state index < -0.39 is 11.8 Å². The molecule has 1 aliphatic rings. The number of hydrogen-bond acceptors (Lipinski definition) is 3. The summed E-state index contributed by atoms with van der Waals surface area (Å²) in [4.78, 5) is 24.0. The van der Waals surface area contributed by atoms with Crippen molar-refractivity contribution in [3.05, 3.63) is 53.6 Å². The van der Waals surface area contributed by atoms with E-state index in [2.05, 4.69) is 34.3 Å². The smallest absolute Gasteiger partial charge is 0.263 e. The number of thiocarbonyl (C=S) groups is 1. The van der Waals surface area contributed by atoms with Crippen LogP contribution < -0.4 is 10.6 Å². The Hall–Kier alpha value is -2.99. The maximum Gasteiger partial charge on any atom is 0.263 e. The molecule has 1 aromatic heterocycles. The zero-order valence-electron chi connectivity index (χ0n) is 13.5. The highest BCUT2D eigenvalue weighted by atomic mass is 32.1. The van der Waals surface area contributed by atoms with Crippen LogP contribution in [-0.4, -0.2) is 21.5 Å². The number of rotatable bonds is 2. The fourth-order valence-electron chi connectivity index (χ4n) is 3.27. The average molecular weight is 349 g/mol. The fraction of sp³-hybridized carbons (Fsp3) is 0.105. The van der Waals surface area contributed by atoms with Gasteiger partial charge in [-0.1, -0.05) is 24.3 Å². The summed E-state index contributed by atoms with van der Waals surface area (Å²) in [5, 5.41) is 7.18. The van der Waals surface area contributed by atoms with E-state index in [4.69, 9.17) is 12.2 Å². The van der Waals surface area contributed by atoms with Gasteiger partial charge in [-0.3, -0.25) is 20.2 Å². The molecule has 0 aliphatic carbocycles. The van der Waals surface area contributed by atoms with Crippen LogP contribution in [0.2, 0.25) is 0 Å². The summed E-state index contributed by atoms with van der Waals surface area (Å²) in [6.07, 6.45) is 1.59. The minimum absolute atomic E-state index is 0.0358. The second-order valence-corrected chi connectivity index (χ2v) is 6.24. The van der Waals surface area contributed by atoms with Gasteiger partial charge in [0, 0.05) is 28.4 Å². The number of hydrogen-bond donors (Lipinski definition) is 2. The first-order valence-corrected chi connectivity index (χ1v) is 8.38. The lowest BCUT2D eigenvalue weighted by atomic mass is 10.1. The van der Waals surface area contributed by atoms with Crippen molar-refractivity contribution in [3.8, 4) is 0 Å². The largest absolute Gasteiger partial charge is 0.341 e. The van der Waals surface area contributed by atoms with E-state index in [0.717, 1.165) is 28.4 Å². The predicted octanol–water partition coefficient (Wildman–Crippen LogP) is 2.73. The normalized spacial score (nSPS) is 14.8. The molecular weight excluding hydrogens is 334 g/mol. The van der Waals surface area contributed by atoms with Gasteiger partial charge in [0.05, 0.1) is 0 Å². The van der Waals surface area contributed by atoms with Crippen molar-refractivity contribution in [2.75, 3.05) is 0 Å². The number of carbonyl (C=O) groups excluding carboxylic acids is 2. The van der Waals surface area contributed by atoms with Gasteiger partial charge in [-0.25, -0.2) is 0 Å². The maximum atomic E-state index is 12.0. The van der Waals surface area contributed by atoms with Crippen LogP contribution in [0, 0.1) is 0 Å². The first kappa shape index (κ1) is 15.5. The Bertz CT molecular complexity index is 1070. The van der Waals surface area contributed by atoms with E-state index in [-0.39, 0.29) is 10.7 Å². The Labute approximate surface area is 149 Å². The highest BCUT2D eigenvalue weighted by molar-refractivity contribution is 7.80. The van der Waals surface area contributed by atoms with Gasteiger partial charge in [-0.2, -0.15) is 0 Å². The molecule has 2 aromatic carbocycles. The van der Waals surface area contributed by atoms with Crippen molar-refractivity contribution < 1.29 is 9.59 Å². The molecule has 1 aliphatic heterocycles. The molecular formula is C19H15N3O2S. The molecule has 0 spiro atoms. The second kappa shape index (κ2) is 5.82. The van der Waals surface area contributed by atoms with Gasteiger partial charge in [0.2, 0.25) is 0 Å². The monoisotopic (exact) mass is 349 g/mol. The van der Waals surface area contributed by atoms with E-state index in [1.54, 1.807) is 6.08 Å². The SMILES string of the molecule is CCn1c2ccccc2c2cc(C=C3C(=O)NC(=S)NC3=O)ccc21. The van der Waals surface area contributed by atoms with Gasteiger partial charge < -0.3 is 4.57 Å². The topological polar surface area (TPSA) is 63.1 Å². The second-order valence-electron chi connectivity index (χ2n) is 5.83. The van der Waals surface area contributed by atoms with Crippen LogP contribution >= 0.6 is 12.2 Å². The van der Waals surface area contributed by atoms with E-state index in [1.165, 1.54) is 5.52 Å². The summed E-state index contributed by atoms with van der Waals surface area (Å²) in [7, 11) is 0. The molecule has 5 nitrogen and oxygen atoms in total. The highest BCUT2D eigenvalue weighted by Gasteiger charge is 2.25. The van der Waals surface area contributed by atoms with Crippen molar-refractivity contribution in [2.24, 2.45) is 0 Å². The highest BCUT2D eigenvalue weighted by Crippen LogP contribution is 2.30. The van der Waals surface area contributed by atoms with Gasteiger partial charge in [-0.15, -0.1) is 0 Å². The van der Waals surface area contributed by atoms with Crippen LogP contribution in [0.3, 0.4) is 0 Å². The molecule has 0 radical (unpaired) electrons. The number of nitrogens with one attached hydrogen (secondary N) is 2. The number of carbonyl (C=O) groups is 2. The van der Waals surface area contributed by atoms with Gasteiger partial charge in [0.25, 0.3) is 11.8 Å². The summed E-state index contributed by atoms with van der Waals surface area (Å²) >= 11 is 4.82. The molecule has 0 unspecified atom stereocenters. The third kappa shape index (κ3) is 2.51. The number of amides is 2. The maximum absolute atomic E-state index is 12.0. The first-order chi connectivity index (χ1) is 12.1. The fourth-order valence-corrected chi connectivity index (χ4v) is 3.46. The van der Waals surface area contributed by atoms with Crippen molar-refractivity contribution >= 4 is 57.0 Å². The summed E-state index contributed by atoms with van der Waals surface area (Å²) in [6.45, 7) is 2.98. The molecule has 1 saturated heterocycles. The summed E-state index contributed by atoms with van der Waals surface area (Å²) in [5.74, 6) is -0.963. The minimum atomic E-state index is -0.482. The van der Waals surface area contributed by atoms with Crippen LogP contribution in [0.5, 0.6) is 0 Å². The minimum Gasteiger partial charge on any atom is -0.341 e. The molecule has 0 atom stereocenters. The molecule has 2 amide bonds. The molecule has 25 heavy (non-hydrogen) atoms. The molecule has 2 N–H and O–H groups in total. The zero-order valence-corrected chi connectivity index (χ0v) is 14.3. The van der Waals surface area contributed by atoms with Crippen LogP contribution in [0.25, 0.3) is 27.9 Å². The lowest BCUT2D eigenvalue weighted by molar-refractivity contribution is -0.123. The van der Waals surface area contributed by atoms with Crippen LogP contribution in [0.1, 0.15) is 12.5 Å². The number of nitrogens with zero attached hydrogens (tertiary/aromatic N) is 1. The first-order valence-electron chi connectivity index (χ1n) is 7.98. The van der Waals surface area contributed by atoms with Crippen molar-refractivity contribution in [2.45, 2.75) is 13.5 Å². The Morgan fingerprint density at radius 1 is 1.00 bits per heavy atom. The third-order valence-electron chi connectivity index (χ3n) is 4.37. The Balaban J connectivity index is 1.89. The third-order valence-corrected chi connectivity index (χ3v) is 4.57. The standard InChI is InChI=1S/C19H15N3O2S/c1-2-22-15-6-4-3-5-12(15)13-9-11(7-8-16(13)22)10-14-17(23)20-19(25)21-18(14)24/h3-10H,2H2,1H3,(H2,20,21,23,24,25). The van der Waals surface area contributed by atoms with Gasteiger partial charge in [0.1, 0.15) is 5.57 Å². The summed E-state index contributed by atoms with van der Waals surface area (Å²) in [6, 6.07) is 14.2. The Morgan fingerprint density at radius 2 is 1.68 bits per heavy atom. The van der Waals surface area contributed by atoms with E-state index in [0.29, 0.717) is 0 Å². The van der Waals surface area contributed by atoms with Crippen LogP contribution in [0.4, 0.5) is 0 Å².